The summed E-state index contributed by atoms with van der Waals surface area (Å²) in [6.07, 6.45) is 7.05. The van der Waals surface area contributed by atoms with Crippen molar-refractivity contribution in [2.24, 2.45) is 5.41 Å². The van der Waals surface area contributed by atoms with Gasteiger partial charge >= 0.3 is 5.97 Å². The van der Waals surface area contributed by atoms with Crippen LogP contribution in [0, 0.1) is 5.41 Å². The van der Waals surface area contributed by atoms with Crippen LogP contribution in [-0.4, -0.2) is 35.6 Å². The van der Waals surface area contributed by atoms with Crippen molar-refractivity contribution in [3.63, 3.8) is 0 Å². The fourth-order valence-corrected chi connectivity index (χ4v) is 4.34. The lowest BCUT2D eigenvalue weighted by Gasteiger charge is -2.38. The monoisotopic (exact) mass is 405 g/mol. The lowest BCUT2D eigenvalue weighted by molar-refractivity contribution is 0.0693. The first kappa shape index (κ1) is 18.7. The average Bonchev–Trinajstić information content (AvgIpc) is 3.46. The third-order valence-corrected chi connectivity index (χ3v) is 6.05. The first-order valence-electron chi connectivity index (χ1n) is 10.1. The number of hydrogen-bond acceptors (Lipinski definition) is 5. The second kappa shape index (κ2) is 6.35. The number of carboxylic acids is 1. The number of aromatic nitrogens is 5. The normalized spacial score (nSPS) is 18.0. The fourth-order valence-electron chi connectivity index (χ4n) is 4.34. The molecule has 3 aromatic heterocycles. The van der Waals surface area contributed by atoms with Crippen molar-refractivity contribution < 1.29 is 9.90 Å². The van der Waals surface area contributed by atoms with E-state index in [1.807, 2.05) is 15.3 Å². The van der Waals surface area contributed by atoms with Gasteiger partial charge in [0, 0.05) is 29.3 Å². The third kappa shape index (κ3) is 2.86. The molecule has 0 saturated heterocycles. The number of hydrogen-bond donors (Lipinski definition) is 1. The molecule has 0 aromatic carbocycles. The van der Waals surface area contributed by atoms with Crippen molar-refractivity contribution in [1.29, 1.82) is 0 Å². The predicted octanol–water partition coefficient (Wildman–Crippen LogP) is 3.35. The zero-order chi connectivity index (χ0) is 21.2. The summed E-state index contributed by atoms with van der Waals surface area (Å²) < 4.78 is 3.95. The number of nitrogens with zero attached hydrogens (tertiary/aromatic N) is 5. The number of aromatic carboxylic acids is 1. The van der Waals surface area contributed by atoms with Crippen LogP contribution >= 0.6 is 0 Å². The molecule has 0 amide bonds. The molecule has 30 heavy (non-hydrogen) atoms. The Morgan fingerprint density at radius 1 is 1.23 bits per heavy atom. The fraction of sp³-hybridized carbons (Fsp3) is 0.409. The highest BCUT2D eigenvalue weighted by Crippen LogP contribution is 2.49. The van der Waals surface area contributed by atoms with Crippen LogP contribution in [0.2, 0.25) is 0 Å². The summed E-state index contributed by atoms with van der Waals surface area (Å²) in [5.74, 6) is -0.808. The van der Waals surface area contributed by atoms with Gasteiger partial charge < -0.3 is 9.67 Å². The second-order valence-electron chi connectivity index (χ2n) is 9.23. The third-order valence-electron chi connectivity index (χ3n) is 6.05. The van der Waals surface area contributed by atoms with E-state index < -0.39 is 11.4 Å². The van der Waals surface area contributed by atoms with Crippen LogP contribution in [-0.2, 0) is 6.54 Å². The Bertz CT molecular complexity index is 1220. The quantitative estimate of drug-likeness (QED) is 0.717. The molecule has 5 rings (SSSR count). The number of carboxylic acid groups (broad SMARTS) is 1. The standard InChI is InChI=1S/C22H23N5O3/c1-22(2,3)17-11-27-20(15-8-16(28)14(21(29)30)10-26(15)17)18(13-6-7-23-24-9-13)19(25-27)12-4-5-12/h6-10,12,17H,4-5,11H2,1-3H3,(H,29,30)/t17-/m0/s1. The lowest BCUT2D eigenvalue weighted by atomic mass is 9.84. The maximum absolute atomic E-state index is 12.7. The smallest absolute Gasteiger partial charge is 0.341 e. The number of pyridine rings is 1. The molecule has 0 bridgehead atoms. The van der Waals surface area contributed by atoms with Crippen molar-refractivity contribution >= 4 is 5.97 Å². The molecular weight excluding hydrogens is 382 g/mol. The van der Waals surface area contributed by atoms with Gasteiger partial charge in [0.15, 0.2) is 5.43 Å². The molecule has 8 nitrogen and oxygen atoms in total. The van der Waals surface area contributed by atoms with Crippen molar-refractivity contribution in [3.05, 3.63) is 52.2 Å². The summed E-state index contributed by atoms with van der Waals surface area (Å²) >= 11 is 0. The number of rotatable bonds is 3. The van der Waals surface area contributed by atoms with Crippen molar-refractivity contribution in [2.75, 3.05) is 0 Å². The molecule has 8 heteroatoms. The summed E-state index contributed by atoms with van der Waals surface area (Å²) in [5, 5.41) is 22.4. The minimum Gasteiger partial charge on any atom is -0.477 e. The van der Waals surface area contributed by atoms with Crippen LogP contribution in [0.25, 0.3) is 22.5 Å². The Labute approximate surface area is 173 Å². The Morgan fingerprint density at radius 3 is 2.60 bits per heavy atom. The van der Waals surface area contributed by atoms with Gasteiger partial charge in [0.05, 0.1) is 42.1 Å². The molecule has 3 aromatic rings. The van der Waals surface area contributed by atoms with Crippen molar-refractivity contribution in [1.82, 2.24) is 24.5 Å². The zero-order valence-corrected chi connectivity index (χ0v) is 17.2. The molecule has 1 aliphatic heterocycles. The minimum atomic E-state index is -1.21. The Hall–Kier alpha value is -3.29. The van der Waals surface area contributed by atoms with Gasteiger partial charge in [0.1, 0.15) is 5.56 Å². The molecule has 154 valence electrons. The summed E-state index contributed by atoms with van der Waals surface area (Å²) in [4.78, 5) is 24.3. The first-order chi connectivity index (χ1) is 14.3. The van der Waals surface area contributed by atoms with Gasteiger partial charge in [-0.3, -0.25) is 9.48 Å². The molecule has 2 aliphatic rings. The molecule has 0 unspecified atom stereocenters. The molecule has 1 N–H and O–H groups in total. The maximum Gasteiger partial charge on any atom is 0.341 e. The van der Waals surface area contributed by atoms with Gasteiger partial charge in [-0.15, -0.1) is 0 Å². The summed E-state index contributed by atoms with van der Waals surface area (Å²) in [5.41, 5.74) is 3.56. The number of fused-ring (bicyclic) bond motifs is 3. The average molecular weight is 405 g/mol. The molecule has 1 fully saturated rings. The van der Waals surface area contributed by atoms with Crippen LogP contribution in [0.5, 0.6) is 0 Å². The highest BCUT2D eigenvalue weighted by Gasteiger charge is 2.39. The van der Waals surface area contributed by atoms with Crippen molar-refractivity contribution in [3.8, 4) is 22.5 Å². The van der Waals surface area contributed by atoms with E-state index in [1.165, 1.54) is 12.3 Å². The van der Waals surface area contributed by atoms with Crippen LogP contribution in [0.1, 0.15) is 61.6 Å². The Kier molecular flexibility index (Phi) is 3.96. The molecule has 1 atom stereocenters. The van der Waals surface area contributed by atoms with Gasteiger partial charge in [-0.2, -0.15) is 15.3 Å². The van der Waals surface area contributed by atoms with E-state index in [1.54, 1.807) is 12.4 Å². The van der Waals surface area contributed by atoms with Crippen LogP contribution in [0.3, 0.4) is 0 Å². The molecule has 1 saturated carbocycles. The molecule has 0 spiro atoms. The summed E-state index contributed by atoms with van der Waals surface area (Å²) in [7, 11) is 0. The Balaban J connectivity index is 1.84. The molecule has 1 aliphatic carbocycles. The maximum atomic E-state index is 12.7. The van der Waals surface area contributed by atoms with Crippen LogP contribution in [0.4, 0.5) is 0 Å². The van der Waals surface area contributed by atoms with Gasteiger partial charge in [-0.25, -0.2) is 4.79 Å². The minimum absolute atomic E-state index is 0.0472. The first-order valence-corrected chi connectivity index (χ1v) is 10.1. The van der Waals surface area contributed by atoms with Crippen LogP contribution in [0.15, 0.2) is 35.5 Å². The van der Waals surface area contributed by atoms with Crippen molar-refractivity contribution in [2.45, 2.75) is 52.1 Å². The topological polar surface area (TPSA) is 103 Å². The largest absolute Gasteiger partial charge is 0.477 e. The van der Waals surface area contributed by atoms with E-state index in [0.717, 1.165) is 35.4 Å². The van der Waals surface area contributed by atoms with Gasteiger partial charge in [0.25, 0.3) is 0 Å². The predicted molar refractivity (Wildman–Crippen MR) is 110 cm³/mol. The van der Waals surface area contributed by atoms with Crippen LogP contribution < -0.4 is 5.43 Å². The van der Waals surface area contributed by atoms with E-state index in [0.29, 0.717) is 18.2 Å². The van der Waals surface area contributed by atoms with Gasteiger partial charge in [-0.05, 0) is 24.3 Å². The summed E-state index contributed by atoms with van der Waals surface area (Å²) in [6.45, 7) is 6.95. The van der Waals surface area contributed by atoms with E-state index in [-0.39, 0.29) is 17.0 Å². The SMILES string of the molecule is CC(C)(C)[C@@H]1Cn2nc(C3CC3)c(-c3ccnnc3)c2-c2cc(=O)c(C(=O)O)cn21. The second-order valence-corrected chi connectivity index (χ2v) is 9.23. The van der Waals surface area contributed by atoms with Gasteiger partial charge in [0.2, 0.25) is 0 Å². The highest BCUT2D eigenvalue weighted by atomic mass is 16.4. The van der Waals surface area contributed by atoms with E-state index in [9.17, 15) is 14.7 Å². The molecule has 0 radical (unpaired) electrons. The summed E-state index contributed by atoms with van der Waals surface area (Å²) in [6, 6.07) is 3.30. The van der Waals surface area contributed by atoms with E-state index in [2.05, 4.69) is 31.0 Å². The number of carbonyl (C=O) groups is 1. The van der Waals surface area contributed by atoms with E-state index in [4.69, 9.17) is 5.10 Å². The Morgan fingerprint density at radius 2 is 2.00 bits per heavy atom. The zero-order valence-electron chi connectivity index (χ0n) is 17.2. The molecule has 4 heterocycles. The molecular formula is C22H23N5O3. The van der Waals surface area contributed by atoms with E-state index >= 15 is 0 Å². The lowest BCUT2D eigenvalue weighted by Crippen LogP contribution is -2.35. The van der Waals surface area contributed by atoms with Gasteiger partial charge in [-0.1, -0.05) is 20.8 Å². The highest BCUT2D eigenvalue weighted by molar-refractivity contribution is 5.88.